The molecule has 1 atom stereocenters. The van der Waals surface area contributed by atoms with Gasteiger partial charge in [0, 0.05) is 18.1 Å². The third-order valence-electron chi connectivity index (χ3n) is 6.14. The molecule has 1 N–H and O–H groups in total. The summed E-state index contributed by atoms with van der Waals surface area (Å²) in [4.78, 5) is 27.3. The van der Waals surface area contributed by atoms with E-state index in [0.717, 1.165) is 31.6 Å². The minimum Gasteiger partial charge on any atom is -0.341 e. The molecule has 1 unspecified atom stereocenters. The van der Waals surface area contributed by atoms with Gasteiger partial charge in [-0.2, -0.15) is 5.10 Å². The molecule has 28 heavy (non-hydrogen) atoms. The maximum absolute atomic E-state index is 12.7. The molecule has 2 fully saturated rings. The molecule has 0 bridgehead atoms. The quantitative estimate of drug-likeness (QED) is 0.855. The second-order valence-corrected chi connectivity index (χ2v) is 8.49. The summed E-state index contributed by atoms with van der Waals surface area (Å²) in [7, 11) is 0. The van der Waals surface area contributed by atoms with Crippen LogP contribution >= 0.6 is 11.6 Å². The predicted molar refractivity (Wildman–Crippen MR) is 108 cm³/mol. The zero-order valence-electron chi connectivity index (χ0n) is 16.2. The number of benzene rings is 1. The summed E-state index contributed by atoms with van der Waals surface area (Å²) in [5, 5.41) is 7.80. The Hall–Kier alpha value is -2.34. The first kappa shape index (κ1) is 19.0. The number of hydrogen-bond acceptors (Lipinski definition) is 3. The Labute approximate surface area is 169 Å². The minimum absolute atomic E-state index is 0.00778. The molecule has 4 rings (SSSR count). The number of nitrogens with zero attached hydrogens (tertiary/aromatic N) is 3. The molecular formula is C21H25ClN4O2. The number of nitrogens with one attached hydrogen (secondary N) is 1. The number of aromatic nitrogens is 2. The van der Waals surface area contributed by atoms with Gasteiger partial charge >= 0.3 is 0 Å². The molecule has 1 saturated heterocycles. The minimum atomic E-state index is -0.556. The highest BCUT2D eigenvalue weighted by Gasteiger charge is 2.45. The van der Waals surface area contributed by atoms with Crippen LogP contribution in [0.15, 0.2) is 30.5 Å². The smallest absolute Gasteiger partial charge is 0.255 e. The van der Waals surface area contributed by atoms with E-state index in [0.29, 0.717) is 21.7 Å². The lowest BCUT2D eigenvalue weighted by molar-refractivity contribution is -0.134. The third kappa shape index (κ3) is 3.65. The van der Waals surface area contributed by atoms with Gasteiger partial charge in [0.1, 0.15) is 6.04 Å². The van der Waals surface area contributed by atoms with Gasteiger partial charge in [-0.15, -0.1) is 0 Å². The SMILES string of the molecule is Cc1c(C(=O)NC(C)C(=O)N2CCC3(CC2)CC3)cnn1-c1ccc(Cl)cc1. The highest BCUT2D eigenvalue weighted by Crippen LogP contribution is 2.53. The molecule has 148 valence electrons. The lowest BCUT2D eigenvalue weighted by Gasteiger charge is -2.33. The van der Waals surface area contributed by atoms with Gasteiger partial charge in [0.15, 0.2) is 0 Å². The van der Waals surface area contributed by atoms with E-state index < -0.39 is 6.04 Å². The number of carbonyl (C=O) groups is 2. The molecule has 2 aliphatic rings. The van der Waals surface area contributed by atoms with Gasteiger partial charge in [-0.1, -0.05) is 11.6 Å². The fourth-order valence-corrected chi connectivity index (χ4v) is 4.09. The molecule has 1 spiro atoms. The summed E-state index contributed by atoms with van der Waals surface area (Å²) in [6.45, 7) is 5.18. The van der Waals surface area contributed by atoms with Crippen LogP contribution in [0, 0.1) is 12.3 Å². The first-order valence-electron chi connectivity index (χ1n) is 9.79. The monoisotopic (exact) mass is 400 g/mol. The summed E-state index contributed by atoms with van der Waals surface area (Å²) in [6.07, 6.45) is 6.32. The number of rotatable bonds is 4. The second-order valence-electron chi connectivity index (χ2n) is 8.05. The van der Waals surface area contributed by atoms with Crippen molar-refractivity contribution in [1.82, 2.24) is 20.0 Å². The van der Waals surface area contributed by atoms with Crippen LogP contribution in [0.5, 0.6) is 0 Å². The molecule has 6 nitrogen and oxygen atoms in total. The maximum atomic E-state index is 12.7. The molecule has 2 heterocycles. The number of piperidine rings is 1. The molecule has 2 aromatic rings. The molecule has 0 radical (unpaired) electrons. The van der Waals surface area contributed by atoms with Crippen LogP contribution in [0.25, 0.3) is 5.69 Å². The van der Waals surface area contributed by atoms with E-state index in [-0.39, 0.29) is 11.8 Å². The molecular weight excluding hydrogens is 376 g/mol. The molecule has 1 saturated carbocycles. The molecule has 1 aliphatic carbocycles. The number of halogens is 1. The summed E-state index contributed by atoms with van der Waals surface area (Å²) < 4.78 is 1.69. The van der Waals surface area contributed by atoms with Crippen molar-refractivity contribution < 1.29 is 9.59 Å². The summed E-state index contributed by atoms with van der Waals surface area (Å²) >= 11 is 5.93. The van der Waals surface area contributed by atoms with Crippen molar-refractivity contribution >= 4 is 23.4 Å². The second kappa shape index (κ2) is 7.24. The van der Waals surface area contributed by atoms with Gasteiger partial charge in [-0.3, -0.25) is 9.59 Å². The van der Waals surface area contributed by atoms with Crippen LogP contribution in [0.3, 0.4) is 0 Å². The lowest BCUT2D eigenvalue weighted by atomic mass is 9.93. The zero-order valence-corrected chi connectivity index (χ0v) is 17.0. The Balaban J connectivity index is 1.40. The summed E-state index contributed by atoms with van der Waals surface area (Å²) in [5.74, 6) is -0.291. The van der Waals surface area contributed by atoms with Gasteiger partial charge in [0.2, 0.25) is 5.91 Å². The van der Waals surface area contributed by atoms with Crippen molar-refractivity contribution in [1.29, 1.82) is 0 Å². The largest absolute Gasteiger partial charge is 0.341 e. The van der Waals surface area contributed by atoms with Crippen LogP contribution in [-0.4, -0.2) is 45.6 Å². The summed E-state index contributed by atoms with van der Waals surface area (Å²) in [6, 6.07) is 6.70. The van der Waals surface area contributed by atoms with Gasteiger partial charge in [0.25, 0.3) is 5.91 Å². The van der Waals surface area contributed by atoms with Crippen LogP contribution < -0.4 is 5.32 Å². The van der Waals surface area contributed by atoms with Crippen LogP contribution in [0.2, 0.25) is 5.02 Å². The molecule has 1 aliphatic heterocycles. The zero-order chi connectivity index (χ0) is 19.9. The van der Waals surface area contributed by atoms with E-state index in [1.165, 1.54) is 19.0 Å². The van der Waals surface area contributed by atoms with Crippen molar-refractivity contribution in [3.8, 4) is 5.69 Å². The van der Waals surface area contributed by atoms with E-state index in [9.17, 15) is 9.59 Å². The average Bonchev–Trinajstić information content (AvgIpc) is 3.33. The van der Waals surface area contributed by atoms with Gasteiger partial charge < -0.3 is 10.2 Å². The highest BCUT2D eigenvalue weighted by molar-refractivity contribution is 6.30. The van der Waals surface area contributed by atoms with E-state index >= 15 is 0 Å². The fraction of sp³-hybridized carbons (Fsp3) is 0.476. The van der Waals surface area contributed by atoms with Gasteiger partial charge in [-0.25, -0.2) is 4.68 Å². The first-order valence-corrected chi connectivity index (χ1v) is 10.2. The van der Waals surface area contributed by atoms with Crippen LogP contribution in [-0.2, 0) is 4.79 Å². The molecule has 1 aromatic carbocycles. The normalized spacial score (nSPS) is 18.8. The number of hydrogen-bond donors (Lipinski definition) is 1. The van der Waals surface area contributed by atoms with Crippen molar-refractivity contribution in [3.05, 3.63) is 46.7 Å². The number of likely N-dealkylation sites (tertiary alicyclic amines) is 1. The van der Waals surface area contributed by atoms with Crippen molar-refractivity contribution in [2.75, 3.05) is 13.1 Å². The average molecular weight is 401 g/mol. The Morgan fingerprint density at radius 1 is 1.14 bits per heavy atom. The van der Waals surface area contributed by atoms with Gasteiger partial charge in [-0.05, 0) is 69.2 Å². The Bertz CT molecular complexity index is 892. The standard InChI is InChI=1S/C21H25ClN4O2/c1-14(20(28)25-11-9-21(7-8-21)10-12-25)24-19(27)18-13-23-26(15(18)2)17-5-3-16(22)4-6-17/h3-6,13-14H,7-12H2,1-2H3,(H,24,27). The molecule has 7 heteroatoms. The fourth-order valence-electron chi connectivity index (χ4n) is 3.96. The summed E-state index contributed by atoms with van der Waals surface area (Å²) in [5.41, 5.74) is 2.53. The first-order chi connectivity index (χ1) is 13.4. The number of amides is 2. The lowest BCUT2D eigenvalue weighted by Crippen LogP contribution is -2.49. The van der Waals surface area contributed by atoms with Gasteiger partial charge in [0.05, 0.1) is 23.1 Å². The Morgan fingerprint density at radius 2 is 1.79 bits per heavy atom. The van der Waals surface area contributed by atoms with E-state index in [1.54, 1.807) is 23.7 Å². The predicted octanol–water partition coefficient (Wildman–Crippen LogP) is 3.36. The Kier molecular flexibility index (Phi) is 4.91. The van der Waals surface area contributed by atoms with Crippen LogP contribution in [0.1, 0.15) is 48.7 Å². The van der Waals surface area contributed by atoms with Crippen molar-refractivity contribution in [2.24, 2.45) is 5.41 Å². The van der Waals surface area contributed by atoms with Crippen molar-refractivity contribution in [2.45, 2.75) is 45.6 Å². The highest BCUT2D eigenvalue weighted by atomic mass is 35.5. The molecule has 2 amide bonds. The maximum Gasteiger partial charge on any atom is 0.255 e. The topological polar surface area (TPSA) is 67.2 Å². The van der Waals surface area contributed by atoms with Crippen molar-refractivity contribution in [3.63, 3.8) is 0 Å². The van der Waals surface area contributed by atoms with Crippen LogP contribution in [0.4, 0.5) is 0 Å². The number of carbonyl (C=O) groups excluding carboxylic acids is 2. The Morgan fingerprint density at radius 3 is 2.39 bits per heavy atom. The molecule has 1 aromatic heterocycles. The van der Waals surface area contributed by atoms with E-state index in [2.05, 4.69) is 10.4 Å². The van der Waals surface area contributed by atoms with E-state index in [1.807, 2.05) is 24.0 Å². The third-order valence-corrected chi connectivity index (χ3v) is 6.39. The van der Waals surface area contributed by atoms with E-state index in [4.69, 9.17) is 11.6 Å².